The van der Waals surface area contributed by atoms with E-state index in [-0.39, 0.29) is 18.1 Å². The van der Waals surface area contributed by atoms with Gasteiger partial charge in [-0.05, 0) is 25.2 Å². The van der Waals surface area contributed by atoms with Crippen LogP contribution in [0.4, 0.5) is 10.1 Å². The van der Waals surface area contributed by atoms with E-state index in [1.165, 1.54) is 23.5 Å². The van der Waals surface area contributed by atoms with Gasteiger partial charge in [0.2, 0.25) is 5.91 Å². The van der Waals surface area contributed by atoms with Crippen LogP contribution in [0.2, 0.25) is 5.02 Å². The lowest BCUT2D eigenvalue weighted by atomic mass is 10.3. The van der Waals surface area contributed by atoms with Crippen molar-refractivity contribution in [3.8, 4) is 0 Å². The molecule has 1 N–H and O–H groups in total. The van der Waals surface area contributed by atoms with Crippen LogP contribution in [0, 0.1) is 5.82 Å². The van der Waals surface area contributed by atoms with Crippen molar-refractivity contribution in [3.05, 3.63) is 45.6 Å². The highest BCUT2D eigenvalue weighted by Crippen LogP contribution is 2.18. The summed E-state index contributed by atoms with van der Waals surface area (Å²) in [6, 6.07) is 4.13. The van der Waals surface area contributed by atoms with Gasteiger partial charge in [0.25, 0.3) is 0 Å². The molecule has 20 heavy (non-hydrogen) atoms. The molecule has 0 aliphatic rings. The van der Waals surface area contributed by atoms with E-state index < -0.39 is 5.82 Å². The summed E-state index contributed by atoms with van der Waals surface area (Å²) >= 11 is 7.18. The van der Waals surface area contributed by atoms with Crippen molar-refractivity contribution in [2.75, 3.05) is 18.9 Å². The molecule has 0 spiro atoms. The molecule has 1 aromatic heterocycles. The third-order valence-electron chi connectivity index (χ3n) is 2.51. The minimum atomic E-state index is -0.548. The summed E-state index contributed by atoms with van der Waals surface area (Å²) < 4.78 is 13.5. The Morgan fingerprint density at radius 3 is 3.00 bits per heavy atom. The Hall–Kier alpha value is -1.50. The van der Waals surface area contributed by atoms with E-state index in [4.69, 9.17) is 11.6 Å². The number of carbonyl (C=O) groups excluding carboxylic acids is 1. The molecule has 0 fully saturated rings. The topological polar surface area (TPSA) is 45.2 Å². The van der Waals surface area contributed by atoms with E-state index >= 15 is 0 Å². The molecule has 1 heterocycles. The summed E-state index contributed by atoms with van der Waals surface area (Å²) in [6.07, 6.45) is 1.72. The van der Waals surface area contributed by atoms with Crippen LogP contribution in [0.15, 0.2) is 29.8 Å². The number of rotatable bonds is 5. The van der Waals surface area contributed by atoms with Crippen LogP contribution >= 0.6 is 22.9 Å². The van der Waals surface area contributed by atoms with Gasteiger partial charge in [-0.2, -0.15) is 0 Å². The zero-order valence-corrected chi connectivity index (χ0v) is 12.3. The number of thiazole rings is 1. The van der Waals surface area contributed by atoms with E-state index in [9.17, 15) is 9.18 Å². The lowest BCUT2D eigenvalue weighted by Crippen LogP contribution is -2.30. The number of likely N-dealkylation sites (N-methyl/N-ethyl adjacent to an activating group) is 1. The van der Waals surface area contributed by atoms with Crippen LogP contribution in [-0.4, -0.2) is 29.4 Å². The fraction of sp³-hybridized carbons (Fsp3) is 0.231. The Bertz CT molecular complexity index is 591. The number of halogens is 2. The molecule has 7 heteroatoms. The highest BCUT2D eigenvalue weighted by molar-refractivity contribution is 7.09. The van der Waals surface area contributed by atoms with Crippen LogP contribution in [0.3, 0.4) is 0 Å². The molecule has 106 valence electrons. The number of hydrogen-bond acceptors (Lipinski definition) is 4. The normalized spacial score (nSPS) is 10.8. The van der Waals surface area contributed by atoms with Gasteiger partial charge < -0.3 is 5.32 Å². The SMILES string of the molecule is CN(CC(=O)Nc1ccc(Cl)cc1F)Cc1nccs1. The maximum Gasteiger partial charge on any atom is 0.238 e. The Labute approximate surface area is 125 Å². The lowest BCUT2D eigenvalue weighted by molar-refractivity contribution is -0.117. The quantitative estimate of drug-likeness (QED) is 0.923. The number of hydrogen-bond donors (Lipinski definition) is 1. The van der Waals surface area contributed by atoms with E-state index in [0.717, 1.165) is 11.1 Å². The number of amides is 1. The molecule has 0 aliphatic heterocycles. The van der Waals surface area contributed by atoms with Crippen LogP contribution in [0.5, 0.6) is 0 Å². The number of benzene rings is 1. The molecule has 2 rings (SSSR count). The zero-order chi connectivity index (χ0) is 14.5. The van der Waals surface area contributed by atoms with Crippen LogP contribution in [0.1, 0.15) is 5.01 Å². The average Bonchev–Trinajstić information content (AvgIpc) is 2.85. The van der Waals surface area contributed by atoms with E-state index in [0.29, 0.717) is 11.6 Å². The molecule has 1 amide bonds. The maximum atomic E-state index is 13.5. The summed E-state index contributed by atoms with van der Waals surface area (Å²) in [5, 5.41) is 5.62. The van der Waals surface area contributed by atoms with Gasteiger partial charge in [0.15, 0.2) is 0 Å². The molecular formula is C13H13ClFN3OS. The highest BCUT2D eigenvalue weighted by Gasteiger charge is 2.11. The van der Waals surface area contributed by atoms with Gasteiger partial charge in [-0.1, -0.05) is 11.6 Å². The van der Waals surface area contributed by atoms with Gasteiger partial charge in [-0.15, -0.1) is 11.3 Å². The third kappa shape index (κ3) is 4.26. The molecule has 0 atom stereocenters. The lowest BCUT2D eigenvalue weighted by Gasteiger charge is -2.15. The van der Waals surface area contributed by atoms with E-state index in [2.05, 4.69) is 10.3 Å². The molecule has 0 aliphatic carbocycles. The maximum absolute atomic E-state index is 13.5. The van der Waals surface area contributed by atoms with Crippen molar-refractivity contribution in [1.29, 1.82) is 0 Å². The van der Waals surface area contributed by atoms with E-state index in [1.54, 1.807) is 13.2 Å². The van der Waals surface area contributed by atoms with Gasteiger partial charge in [-0.25, -0.2) is 9.37 Å². The first-order valence-electron chi connectivity index (χ1n) is 5.86. The number of nitrogens with zero attached hydrogens (tertiary/aromatic N) is 2. The van der Waals surface area contributed by atoms with Crippen LogP contribution in [0.25, 0.3) is 0 Å². The number of carbonyl (C=O) groups is 1. The second kappa shape index (κ2) is 6.78. The molecule has 0 saturated carbocycles. The minimum Gasteiger partial charge on any atom is -0.322 e. The molecule has 0 saturated heterocycles. The first-order chi connectivity index (χ1) is 9.54. The van der Waals surface area contributed by atoms with Crippen LogP contribution in [-0.2, 0) is 11.3 Å². The van der Waals surface area contributed by atoms with Crippen molar-refractivity contribution in [3.63, 3.8) is 0 Å². The molecule has 0 unspecified atom stereocenters. The van der Waals surface area contributed by atoms with Gasteiger partial charge in [-0.3, -0.25) is 9.69 Å². The first-order valence-corrected chi connectivity index (χ1v) is 7.12. The number of aromatic nitrogens is 1. The van der Waals surface area contributed by atoms with Gasteiger partial charge in [0, 0.05) is 16.6 Å². The predicted octanol–water partition coefficient (Wildman–Crippen LogP) is 3.01. The molecule has 4 nitrogen and oxygen atoms in total. The van der Waals surface area contributed by atoms with Crippen molar-refractivity contribution >= 4 is 34.5 Å². The summed E-state index contributed by atoms with van der Waals surface area (Å²) in [4.78, 5) is 17.8. The fourth-order valence-corrected chi connectivity index (χ4v) is 2.50. The van der Waals surface area contributed by atoms with Gasteiger partial charge >= 0.3 is 0 Å². The molecule has 0 radical (unpaired) electrons. The number of anilines is 1. The van der Waals surface area contributed by atoms with Gasteiger partial charge in [0.1, 0.15) is 10.8 Å². The Morgan fingerprint density at radius 2 is 2.35 bits per heavy atom. The monoisotopic (exact) mass is 313 g/mol. The first kappa shape index (κ1) is 14.9. The summed E-state index contributed by atoms with van der Waals surface area (Å²) in [7, 11) is 1.80. The largest absolute Gasteiger partial charge is 0.322 e. The second-order valence-electron chi connectivity index (χ2n) is 4.27. The zero-order valence-electron chi connectivity index (χ0n) is 10.8. The Morgan fingerprint density at radius 1 is 1.55 bits per heavy atom. The Kier molecular flexibility index (Phi) is 5.05. The van der Waals surface area contributed by atoms with Crippen molar-refractivity contribution in [2.24, 2.45) is 0 Å². The van der Waals surface area contributed by atoms with Crippen LogP contribution < -0.4 is 5.32 Å². The second-order valence-corrected chi connectivity index (χ2v) is 5.69. The van der Waals surface area contributed by atoms with Gasteiger partial charge in [0.05, 0.1) is 18.8 Å². The third-order valence-corrected chi connectivity index (χ3v) is 3.51. The summed E-state index contributed by atoms with van der Waals surface area (Å²) in [5.41, 5.74) is 0.127. The standard InChI is InChI=1S/C13H13ClFN3OS/c1-18(8-13-16-4-5-20-13)7-12(19)17-11-3-2-9(14)6-10(11)15/h2-6H,7-8H2,1H3,(H,17,19). The van der Waals surface area contributed by atoms with Crippen molar-refractivity contribution in [1.82, 2.24) is 9.88 Å². The Balaban J connectivity index is 1.88. The molecule has 2 aromatic rings. The van der Waals surface area contributed by atoms with Crippen molar-refractivity contribution in [2.45, 2.75) is 6.54 Å². The fourth-order valence-electron chi connectivity index (χ4n) is 1.64. The summed E-state index contributed by atoms with van der Waals surface area (Å²) in [5.74, 6) is -0.835. The molecule has 0 bridgehead atoms. The molecular weight excluding hydrogens is 301 g/mol. The van der Waals surface area contributed by atoms with Crippen molar-refractivity contribution < 1.29 is 9.18 Å². The smallest absolute Gasteiger partial charge is 0.238 e. The van der Waals surface area contributed by atoms with E-state index in [1.807, 2.05) is 10.3 Å². The average molecular weight is 314 g/mol. The summed E-state index contributed by atoms with van der Waals surface area (Å²) in [6.45, 7) is 0.732. The molecule has 1 aromatic carbocycles. The predicted molar refractivity (Wildman–Crippen MR) is 78.5 cm³/mol. The highest BCUT2D eigenvalue weighted by atomic mass is 35.5. The minimum absolute atomic E-state index is 0.127. The number of nitrogens with one attached hydrogen (secondary N) is 1.